The molecule has 4 heterocycles. The van der Waals surface area contributed by atoms with E-state index in [0.29, 0.717) is 25.9 Å². The summed E-state index contributed by atoms with van der Waals surface area (Å²) < 4.78 is 5.75. The fourth-order valence-corrected chi connectivity index (χ4v) is 6.14. The predicted octanol–water partition coefficient (Wildman–Crippen LogP) is 9.25. The number of aromatic nitrogens is 4. The number of aryl methyl sites for hydroxylation is 1. The summed E-state index contributed by atoms with van der Waals surface area (Å²) in [6.07, 6.45) is 15.5. The maximum atomic E-state index is 12.2. The monoisotopic (exact) mass is 865 g/mol. The van der Waals surface area contributed by atoms with Crippen molar-refractivity contribution in [3.63, 3.8) is 0 Å². The van der Waals surface area contributed by atoms with Crippen LogP contribution in [0.5, 0.6) is 0 Å². The first-order valence-electron chi connectivity index (χ1n) is 20.4. The van der Waals surface area contributed by atoms with E-state index >= 15 is 0 Å². The number of nitrogens with zero attached hydrogens (tertiary/aromatic N) is 3. The number of isothiocyanates is 1. The lowest BCUT2D eigenvalue weighted by atomic mass is 10.0. The number of fused-ring (bicyclic) bond motifs is 2. The van der Waals surface area contributed by atoms with Crippen LogP contribution < -0.4 is 16.4 Å². The predicted molar refractivity (Wildman–Crippen MR) is 264 cm³/mol. The SMILES string of the molecule is C.C=CCC(CCC(=S)CCc1ccnc2[nH]ccc12)NC(=O)C#Cc1ccccc1.C=CCC(CN)NC(=O)C#Cc1ccccc1.S=C=NCc1ccnc2[nH]ccc12.[2H]C. The molecule has 0 radical (unpaired) electrons. The Bertz CT molecular complexity index is 2510. The Morgan fingerprint density at radius 2 is 1.27 bits per heavy atom. The van der Waals surface area contributed by atoms with E-state index in [-0.39, 0.29) is 31.3 Å². The molecule has 0 saturated heterocycles. The number of benzene rings is 2. The van der Waals surface area contributed by atoms with Crippen LogP contribution >= 0.6 is 24.4 Å². The average molecular weight is 866 g/mol. The van der Waals surface area contributed by atoms with Crippen molar-refractivity contribution in [3.8, 4) is 23.7 Å². The van der Waals surface area contributed by atoms with Crippen LogP contribution in [-0.2, 0) is 22.6 Å². The smallest absolute Gasteiger partial charge is 0.296 e. The number of nitrogens with one attached hydrogen (secondary N) is 4. The molecule has 10 nitrogen and oxygen atoms in total. The Hall–Kier alpha value is -6.79. The number of thiocarbonyl (C=S) groups is 2. The van der Waals surface area contributed by atoms with Gasteiger partial charge in [-0.05, 0) is 115 Å². The van der Waals surface area contributed by atoms with E-state index in [9.17, 15) is 9.59 Å². The van der Waals surface area contributed by atoms with Crippen molar-refractivity contribution >= 4 is 68.3 Å². The van der Waals surface area contributed by atoms with Crippen molar-refractivity contribution in [3.05, 3.63) is 157 Å². The molecule has 4 aromatic heterocycles. The zero-order chi connectivity index (χ0) is 44.8. The number of carbonyl (C=O) groups excluding carboxylic acids is 2. The second-order valence-corrected chi connectivity index (χ2v) is 14.0. The minimum Gasteiger partial charge on any atom is -0.346 e. The quantitative estimate of drug-likeness (QED) is 0.0299. The number of hydrogen-bond donors (Lipinski definition) is 5. The standard InChI is InChI=1S/C25H25N3OS.C14H16N2O.C9H7N3S.2CH4/c1-2-6-21(28-24(29)14-9-19-7-4-3-5-8-19)11-13-22(30)12-10-20-15-17-26-25-23(20)16-18-27-25;1-2-6-13(11-15)16-14(17)10-9-12-7-4-3-5-8-12;13-6-10-5-7-1-3-11-9-8(7)2-4-12-9;;/h2-5,7-8,15-18,21H,1,6,10-13H2,(H,26,27)(H,28,29);2-5,7-8,13H,1,6,11,15H2,(H,16,17);1-4H,5H2,(H,11,12);2*1H4/i;;;1D;. The van der Waals surface area contributed by atoms with Crippen molar-refractivity contribution in [2.24, 2.45) is 10.7 Å². The van der Waals surface area contributed by atoms with Gasteiger partial charge in [-0.25, -0.2) is 15.0 Å². The Labute approximate surface area is 378 Å². The number of aliphatic imine (C=N–C) groups is 1. The van der Waals surface area contributed by atoms with Crippen LogP contribution in [0.15, 0.2) is 140 Å². The summed E-state index contributed by atoms with van der Waals surface area (Å²) in [7, 11) is 1.25. The average Bonchev–Trinajstić information content (AvgIpc) is 4.01. The summed E-state index contributed by atoms with van der Waals surface area (Å²) in [6.45, 7) is 8.36. The first kappa shape index (κ1) is 49.6. The van der Waals surface area contributed by atoms with Gasteiger partial charge in [0.2, 0.25) is 0 Å². The maximum Gasteiger partial charge on any atom is 0.296 e. The molecule has 12 heteroatoms. The van der Waals surface area contributed by atoms with E-state index in [0.717, 1.165) is 69.3 Å². The highest BCUT2D eigenvalue weighted by Gasteiger charge is 2.12. The Morgan fingerprint density at radius 3 is 1.79 bits per heavy atom. The molecular formula is C50H56N8O2S2. The fraction of sp³-hybridized carbons (Fsp3) is 0.240. The number of rotatable bonds is 15. The molecule has 0 bridgehead atoms. The highest BCUT2D eigenvalue weighted by molar-refractivity contribution is 7.80. The fourth-order valence-electron chi connectivity index (χ4n) is 5.85. The van der Waals surface area contributed by atoms with E-state index in [1.807, 2.05) is 110 Å². The summed E-state index contributed by atoms with van der Waals surface area (Å²) >= 11 is 10.1. The molecule has 0 aliphatic carbocycles. The van der Waals surface area contributed by atoms with Gasteiger partial charge in [0.05, 0.1) is 11.7 Å². The van der Waals surface area contributed by atoms with Crippen LogP contribution in [-0.4, -0.2) is 60.4 Å². The second-order valence-electron chi connectivity index (χ2n) is 13.3. The van der Waals surface area contributed by atoms with E-state index in [1.54, 1.807) is 12.3 Å². The van der Waals surface area contributed by atoms with Crippen LogP contribution in [0, 0.1) is 23.7 Å². The third kappa shape index (κ3) is 18.2. The molecule has 0 saturated carbocycles. The minimum absolute atomic E-state index is 0. The molecule has 2 unspecified atom stereocenters. The van der Waals surface area contributed by atoms with Crippen molar-refractivity contribution in [1.29, 1.82) is 0 Å². The van der Waals surface area contributed by atoms with Gasteiger partial charge in [0.15, 0.2) is 0 Å². The largest absolute Gasteiger partial charge is 0.346 e. The van der Waals surface area contributed by atoms with Crippen LogP contribution in [0.3, 0.4) is 0 Å². The summed E-state index contributed by atoms with van der Waals surface area (Å²) in [5.41, 5.74) is 11.3. The van der Waals surface area contributed by atoms with Gasteiger partial charge >= 0.3 is 0 Å². The zero-order valence-electron chi connectivity index (χ0n) is 35.3. The molecule has 6 N–H and O–H groups in total. The van der Waals surface area contributed by atoms with Crippen LogP contribution in [0.4, 0.5) is 0 Å². The molecule has 0 aliphatic heterocycles. The van der Waals surface area contributed by atoms with Gasteiger partial charge < -0.3 is 26.3 Å². The lowest BCUT2D eigenvalue weighted by Crippen LogP contribution is -2.39. The zero-order valence-corrected chi connectivity index (χ0v) is 36.0. The highest BCUT2D eigenvalue weighted by Crippen LogP contribution is 2.18. The van der Waals surface area contributed by atoms with Crippen LogP contribution in [0.2, 0.25) is 0 Å². The molecule has 0 spiro atoms. The van der Waals surface area contributed by atoms with Crippen LogP contribution in [0.1, 0.15) is 70.6 Å². The number of hydrogen-bond acceptors (Lipinski definition) is 8. The third-order valence-corrected chi connectivity index (χ3v) is 9.44. The van der Waals surface area contributed by atoms with Crippen molar-refractivity contribution < 1.29 is 11.0 Å². The van der Waals surface area contributed by atoms with Gasteiger partial charge in [-0.3, -0.25) is 9.59 Å². The first-order chi connectivity index (χ1) is 30.3. The number of amides is 2. The van der Waals surface area contributed by atoms with Gasteiger partial charge in [-0.2, -0.15) is 0 Å². The van der Waals surface area contributed by atoms with Crippen molar-refractivity contribution in [2.45, 2.75) is 72.0 Å². The lowest BCUT2D eigenvalue weighted by molar-refractivity contribution is -0.117. The molecule has 2 aromatic carbocycles. The Kier molecular flexibility index (Phi) is 23.5. The highest BCUT2D eigenvalue weighted by atomic mass is 32.1. The summed E-state index contributed by atoms with van der Waals surface area (Å²) in [5, 5.41) is 10.3. The maximum absolute atomic E-state index is 12.2. The van der Waals surface area contributed by atoms with Crippen LogP contribution in [0.25, 0.3) is 22.1 Å². The van der Waals surface area contributed by atoms with Gasteiger partial charge in [0.25, 0.3) is 11.8 Å². The Morgan fingerprint density at radius 1 is 0.774 bits per heavy atom. The third-order valence-electron chi connectivity index (χ3n) is 8.91. The van der Waals surface area contributed by atoms with E-state index < -0.39 is 0 Å². The molecule has 0 fully saturated rings. The summed E-state index contributed by atoms with van der Waals surface area (Å²) in [4.78, 5) is 43.2. The van der Waals surface area contributed by atoms with E-state index in [2.05, 4.69) is 89.8 Å². The van der Waals surface area contributed by atoms with Gasteiger partial charge in [-0.1, -0.05) is 87.4 Å². The van der Waals surface area contributed by atoms with Gasteiger partial charge in [0, 0.05) is 78.5 Å². The number of nitrogens with two attached hydrogens (primary N) is 1. The molecule has 6 rings (SSSR count). The van der Waals surface area contributed by atoms with E-state index in [4.69, 9.17) is 19.3 Å². The van der Waals surface area contributed by atoms with Gasteiger partial charge in [0.1, 0.15) is 11.3 Å². The molecule has 62 heavy (non-hydrogen) atoms. The lowest BCUT2D eigenvalue weighted by Gasteiger charge is -2.16. The topological polar surface area (TPSA) is 154 Å². The Balaban J connectivity index is 0.000000349. The number of H-pyrrole nitrogens is 2. The number of carbonyl (C=O) groups is 2. The van der Waals surface area contributed by atoms with Crippen molar-refractivity contribution in [2.75, 3.05) is 6.54 Å². The van der Waals surface area contributed by atoms with Gasteiger partial charge in [-0.15, -0.1) is 13.2 Å². The number of aromatic amines is 2. The summed E-state index contributed by atoms with van der Waals surface area (Å²) in [5.74, 6) is 10.3. The summed E-state index contributed by atoms with van der Waals surface area (Å²) in [6, 6.07) is 26.7. The molecule has 6 aromatic rings. The second kappa shape index (κ2) is 29.4. The molecule has 0 aliphatic rings. The number of pyridine rings is 2. The minimum atomic E-state index is -0.314. The molecule has 2 atom stereocenters. The normalized spacial score (nSPS) is 10.6. The van der Waals surface area contributed by atoms with E-state index in [1.165, 1.54) is 13.0 Å². The molecular weight excluding hydrogens is 809 g/mol. The van der Waals surface area contributed by atoms with Crippen molar-refractivity contribution in [1.82, 2.24) is 30.6 Å². The molecule has 320 valence electrons. The molecule has 2 amide bonds. The first-order valence-corrected chi connectivity index (χ1v) is 20.2.